The minimum Gasteiger partial charge on any atom is -0.493 e. The van der Waals surface area contributed by atoms with Crippen molar-refractivity contribution < 1.29 is 9.84 Å². The molecule has 1 aliphatic carbocycles. The van der Waals surface area contributed by atoms with Crippen LogP contribution in [0, 0.1) is 0 Å². The Balaban J connectivity index is 1.61. The average Bonchev–Trinajstić information content (AvgIpc) is 2.48. The lowest BCUT2D eigenvalue weighted by atomic mass is 9.89. The standard InChI is InChI=1S/C17H19NO2/c19-17-3-1-2-14-12-15(4-5-16(14)17)20-11-8-13-6-9-18-10-7-13/h4-7,9-10,12,17,19H,1-3,8,11H2. The van der Waals surface area contributed by atoms with Crippen molar-refractivity contribution in [2.45, 2.75) is 31.8 Å². The number of aryl methyl sites for hydroxylation is 1. The molecule has 0 radical (unpaired) electrons. The first-order valence-corrected chi connectivity index (χ1v) is 7.15. The predicted molar refractivity (Wildman–Crippen MR) is 77.8 cm³/mol. The Morgan fingerprint density at radius 3 is 2.90 bits per heavy atom. The summed E-state index contributed by atoms with van der Waals surface area (Å²) in [5.41, 5.74) is 3.52. The van der Waals surface area contributed by atoms with E-state index in [0.29, 0.717) is 6.61 Å². The number of ether oxygens (including phenoxy) is 1. The summed E-state index contributed by atoms with van der Waals surface area (Å²) in [5.74, 6) is 0.895. The molecule has 0 bridgehead atoms. The van der Waals surface area contributed by atoms with Crippen molar-refractivity contribution in [3.8, 4) is 5.75 Å². The van der Waals surface area contributed by atoms with Crippen molar-refractivity contribution in [2.75, 3.05) is 6.61 Å². The molecule has 20 heavy (non-hydrogen) atoms. The minimum atomic E-state index is -0.301. The fourth-order valence-corrected chi connectivity index (χ4v) is 2.69. The van der Waals surface area contributed by atoms with Gasteiger partial charge in [-0.25, -0.2) is 0 Å². The highest BCUT2D eigenvalue weighted by atomic mass is 16.5. The molecule has 3 heteroatoms. The molecule has 3 nitrogen and oxygen atoms in total. The third kappa shape index (κ3) is 2.99. The van der Waals surface area contributed by atoms with E-state index in [-0.39, 0.29) is 6.10 Å². The zero-order valence-corrected chi connectivity index (χ0v) is 11.5. The molecule has 2 aromatic rings. The molecule has 1 unspecified atom stereocenters. The van der Waals surface area contributed by atoms with Crippen LogP contribution in [0.4, 0.5) is 0 Å². The summed E-state index contributed by atoms with van der Waals surface area (Å²) >= 11 is 0. The molecular formula is C17H19NO2. The summed E-state index contributed by atoms with van der Waals surface area (Å²) in [7, 11) is 0. The number of hydrogen-bond donors (Lipinski definition) is 1. The smallest absolute Gasteiger partial charge is 0.119 e. The maximum Gasteiger partial charge on any atom is 0.119 e. The lowest BCUT2D eigenvalue weighted by Gasteiger charge is -2.21. The summed E-state index contributed by atoms with van der Waals surface area (Å²) in [5, 5.41) is 9.93. The van der Waals surface area contributed by atoms with Gasteiger partial charge in [-0.1, -0.05) is 6.07 Å². The first-order chi connectivity index (χ1) is 9.83. The third-order valence-corrected chi connectivity index (χ3v) is 3.81. The van der Waals surface area contributed by atoms with Crippen LogP contribution >= 0.6 is 0 Å². The number of rotatable bonds is 4. The number of fused-ring (bicyclic) bond motifs is 1. The van der Waals surface area contributed by atoms with E-state index in [1.807, 2.05) is 24.3 Å². The number of hydrogen-bond acceptors (Lipinski definition) is 3. The number of aliphatic hydroxyl groups is 1. The summed E-state index contributed by atoms with van der Waals surface area (Å²) < 4.78 is 5.81. The van der Waals surface area contributed by atoms with E-state index >= 15 is 0 Å². The van der Waals surface area contributed by atoms with Gasteiger partial charge >= 0.3 is 0 Å². The van der Waals surface area contributed by atoms with Gasteiger partial charge in [0.15, 0.2) is 0 Å². The molecule has 1 heterocycles. The van der Waals surface area contributed by atoms with E-state index < -0.39 is 0 Å². The molecule has 0 saturated heterocycles. The number of pyridine rings is 1. The second kappa shape index (κ2) is 6.06. The van der Waals surface area contributed by atoms with Gasteiger partial charge in [-0.05, 0) is 60.2 Å². The maximum absolute atomic E-state index is 9.93. The highest BCUT2D eigenvalue weighted by molar-refractivity contribution is 5.38. The molecule has 0 spiro atoms. The highest BCUT2D eigenvalue weighted by Gasteiger charge is 2.17. The molecule has 1 aromatic heterocycles. The molecule has 1 atom stereocenters. The van der Waals surface area contributed by atoms with Gasteiger partial charge in [0.05, 0.1) is 12.7 Å². The quantitative estimate of drug-likeness (QED) is 0.927. The van der Waals surface area contributed by atoms with E-state index in [2.05, 4.69) is 11.1 Å². The normalized spacial score (nSPS) is 17.6. The second-order valence-electron chi connectivity index (χ2n) is 5.22. The molecular weight excluding hydrogens is 250 g/mol. The van der Waals surface area contributed by atoms with Gasteiger partial charge in [0.1, 0.15) is 5.75 Å². The van der Waals surface area contributed by atoms with Crippen LogP contribution in [-0.2, 0) is 12.8 Å². The third-order valence-electron chi connectivity index (χ3n) is 3.81. The van der Waals surface area contributed by atoms with Gasteiger partial charge in [-0.2, -0.15) is 0 Å². The van der Waals surface area contributed by atoms with Crippen molar-refractivity contribution in [1.29, 1.82) is 0 Å². The Bertz CT molecular complexity index is 568. The molecule has 3 rings (SSSR count). The summed E-state index contributed by atoms with van der Waals surface area (Å²) in [6.07, 6.45) is 7.13. The lowest BCUT2D eigenvalue weighted by Crippen LogP contribution is -2.09. The van der Waals surface area contributed by atoms with Crippen molar-refractivity contribution in [3.63, 3.8) is 0 Å². The number of benzene rings is 1. The monoisotopic (exact) mass is 269 g/mol. The van der Waals surface area contributed by atoms with Crippen molar-refractivity contribution >= 4 is 0 Å². The number of aromatic nitrogens is 1. The van der Waals surface area contributed by atoms with Gasteiger partial charge in [0, 0.05) is 18.8 Å². The second-order valence-corrected chi connectivity index (χ2v) is 5.22. The summed E-state index contributed by atoms with van der Waals surface area (Å²) in [6.45, 7) is 0.658. The van der Waals surface area contributed by atoms with Crippen LogP contribution < -0.4 is 4.74 Å². The van der Waals surface area contributed by atoms with Crippen LogP contribution in [0.1, 0.15) is 35.6 Å². The van der Waals surface area contributed by atoms with Gasteiger partial charge in [-0.3, -0.25) is 4.98 Å². The van der Waals surface area contributed by atoms with Gasteiger partial charge in [0.2, 0.25) is 0 Å². The largest absolute Gasteiger partial charge is 0.493 e. The molecule has 0 amide bonds. The van der Waals surface area contributed by atoms with Gasteiger partial charge in [0.25, 0.3) is 0 Å². The highest BCUT2D eigenvalue weighted by Crippen LogP contribution is 2.31. The Hall–Kier alpha value is -1.87. The van der Waals surface area contributed by atoms with Crippen molar-refractivity contribution in [1.82, 2.24) is 4.98 Å². The number of aliphatic hydroxyl groups excluding tert-OH is 1. The van der Waals surface area contributed by atoms with E-state index in [0.717, 1.165) is 37.0 Å². The van der Waals surface area contributed by atoms with Gasteiger partial charge < -0.3 is 9.84 Å². The van der Waals surface area contributed by atoms with Crippen LogP contribution in [0.15, 0.2) is 42.7 Å². The zero-order valence-electron chi connectivity index (χ0n) is 11.5. The molecule has 0 saturated carbocycles. The van der Waals surface area contributed by atoms with E-state index in [1.165, 1.54) is 11.1 Å². The zero-order chi connectivity index (χ0) is 13.8. The Morgan fingerprint density at radius 1 is 1.20 bits per heavy atom. The molecule has 1 aromatic carbocycles. The van der Waals surface area contributed by atoms with E-state index in [1.54, 1.807) is 12.4 Å². The Kier molecular flexibility index (Phi) is 3.97. The van der Waals surface area contributed by atoms with Crippen LogP contribution in [0.3, 0.4) is 0 Å². The number of nitrogens with zero attached hydrogens (tertiary/aromatic N) is 1. The molecule has 0 aliphatic heterocycles. The SMILES string of the molecule is OC1CCCc2cc(OCCc3ccncc3)ccc21. The van der Waals surface area contributed by atoms with Crippen molar-refractivity contribution in [2.24, 2.45) is 0 Å². The fraction of sp³-hybridized carbons (Fsp3) is 0.353. The lowest BCUT2D eigenvalue weighted by molar-refractivity contribution is 0.156. The summed E-state index contributed by atoms with van der Waals surface area (Å²) in [4.78, 5) is 4.00. The molecule has 1 N–H and O–H groups in total. The Morgan fingerprint density at radius 2 is 2.05 bits per heavy atom. The maximum atomic E-state index is 9.93. The minimum absolute atomic E-state index is 0.301. The van der Waals surface area contributed by atoms with Gasteiger partial charge in [-0.15, -0.1) is 0 Å². The summed E-state index contributed by atoms with van der Waals surface area (Å²) in [6, 6.07) is 10.0. The molecule has 1 aliphatic rings. The molecule has 104 valence electrons. The van der Waals surface area contributed by atoms with Crippen LogP contribution in [0.5, 0.6) is 5.75 Å². The van der Waals surface area contributed by atoms with Crippen molar-refractivity contribution in [3.05, 3.63) is 59.4 Å². The Labute approximate surface area is 119 Å². The first-order valence-electron chi connectivity index (χ1n) is 7.15. The topological polar surface area (TPSA) is 42.4 Å². The first kappa shape index (κ1) is 13.1. The predicted octanol–water partition coefficient (Wildman–Crippen LogP) is 3.07. The van der Waals surface area contributed by atoms with Crippen LogP contribution in [0.2, 0.25) is 0 Å². The van der Waals surface area contributed by atoms with Crippen LogP contribution in [-0.4, -0.2) is 16.7 Å². The van der Waals surface area contributed by atoms with E-state index in [4.69, 9.17) is 4.74 Å². The average molecular weight is 269 g/mol. The van der Waals surface area contributed by atoms with E-state index in [9.17, 15) is 5.11 Å². The fourth-order valence-electron chi connectivity index (χ4n) is 2.69. The van der Waals surface area contributed by atoms with Crippen LogP contribution in [0.25, 0.3) is 0 Å². The molecule has 0 fully saturated rings.